The van der Waals surface area contributed by atoms with E-state index in [1.807, 2.05) is 72.8 Å². The van der Waals surface area contributed by atoms with Gasteiger partial charge < -0.3 is 5.32 Å². The molecule has 178 valence electrons. The predicted molar refractivity (Wildman–Crippen MR) is 141 cm³/mol. The summed E-state index contributed by atoms with van der Waals surface area (Å²) < 4.78 is 1.77. The van der Waals surface area contributed by atoms with Crippen molar-refractivity contribution < 1.29 is 4.79 Å². The van der Waals surface area contributed by atoms with Gasteiger partial charge >= 0.3 is 0 Å². The summed E-state index contributed by atoms with van der Waals surface area (Å²) in [5, 5.41) is 7.87. The Morgan fingerprint density at radius 1 is 0.861 bits per heavy atom. The summed E-state index contributed by atoms with van der Waals surface area (Å²) in [4.78, 5) is 20.4. The Bertz CT molecular complexity index is 1480. The lowest BCUT2D eigenvalue weighted by Gasteiger charge is -2.16. The van der Waals surface area contributed by atoms with Crippen LogP contribution in [0.25, 0.3) is 28.2 Å². The molecular formula is C30H27N5O. The first-order valence-corrected chi connectivity index (χ1v) is 12.3. The van der Waals surface area contributed by atoms with Crippen LogP contribution in [0, 0.1) is 0 Å². The molecule has 5 aromatic rings. The fourth-order valence-electron chi connectivity index (χ4n) is 4.85. The van der Waals surface area contributed by atoms with Crippen LogP contribution in [-0.4, -0.2) is 44.5 Å². The average Bonchev–Trinajstić information content (AvgIpc) is 3.56. The van der Waals surface area contributed by atoms with Gasteiger partial charge in [0.2, 0.25) is 0 Å². The number of aromatic nitrogens is 3. The van der Waals surface area contributed by atoms with Crippen molar-refractivity contribution in [2.24, 2.45) is 0 Å². The van der Waals surface area contributed by atoms with Gasteiger partial charge in [0, 0.05) is 42.9 Å². The lowest BCUT2D eigenvalue weighted by Crippen LogP contribution is -2.37. The highest BCUT2D eigenvalue weighted by Gasteiger charge is 2.25. The molecule has 1 fully saturated rings. The Hall–Kier alpha value is -4.29. The maximum Gasteiger partial charge on any atom is 0.272 e. The van der Waals surface area contributed by atoms with E-state index in [4.69, 9.17) is 4.98 Å². The first-order valence-electron chi connectivity index (χ1n) is 12.3. The molecular weight excluding hydrogens is 446 g/mol. The van der Waals surface area contributed by atoms with Crippen LogP contribution in [-0.2, 0) is 6.54 Å². The molecule has 6 heteroatoms. The second-order valence-corrected chi connectivity index (χ2v) is 9.24. The van der Waals surface area contributed by atoms with E-state index in [1.54, 1.807) is 10.6 Å². The van der Waals surface area contributed by atoms with Crippen molar-refractivity contribution >= 4 is 11.6 Å². The number of carbonyl (C=O) groups is 1. The number of likely N-dealkylation sites (tertiary alicyclic amines) is 1. The standard InChI is InChI=1S/C30H27N5O/c36-30(31-25-16-17-34(21-25)20-22-10-4-1-5-11-22)27-19-29-32-26(23-12-6-2-7-13-23)18-28(35(29)33-27)24-14-8-3-9-15-24/h1-15,18-19,25H,16-17,20-21H2,(H,31,36). The molecule has 1 unspecified atom stereocenters. The minimum Gasteiger partial charge on any atom is -0.347 e. The third kappa shape index (κ3) is 4.63. The molecule has 0 aliphatic carbocycles. The topological polar surface area (TPSA) is 62.5 Å². The van der Waals surface area contributed by atoms with Crippen LogP contribution < -0.4 is 5.32 Å². The van der Waals surface area contributed by atoms with Gasteiger partial charge in [-0.1, -0.05) is 91.0 Å². The number of benzene rings is 3. The summed E-state index contributed by atoms with van der Waals surface area (Å²) in [7, 11) is 0. The molecule has 0 bridgehead atoms. The molecule has 6 rings (SSSR count). The van der Waals surface area contributed by atoms with Gasteiger partial charge in [0.05, 0.1) is 11.4 Å². The molecule has 1 saturated heterocycles. The molecule has 3 aromatic carbocycles. The largest absolute Gasteiger partial charge is 0.347 e. The van der Waals surface area contributed by atoms with Crippen LogP contribution in [0.4, 0.5) is 0 Å². The van der Waals surface area contributed by atoms with E-state index in [-0.39, 0.29) is 11.9 Å². The summed E-state index contributed by atoms with van der Waals surface area (Å²) in [6, 6.07) is 34.5. The van der Waals surface area contributed by atoms with Crippen LogP contribution in [0.1, 0.15) is 22.5 Å². The van der Waals surface area contributed by atoms with E-state index in [9.17, 15) is 4.79 Å². The fourth-order valence-corrected chi connectivity index (χ4v) is 4.85. The smallest absolute Gasteiger partial charge is 0.272 e. The van der Waals surface area contributed by atoms with Crippen LogP contribution in [0.15, 0.2) is 103 Å². The maximum atomic E-state index is 13.2. The zero-order valence-corrected chi connectivity index (χ0v) is 19.9. The number of hydrogen-bond donors (Lipinski definition) is 1. The van der Waals surface area contributed by atoms with E-state index in [2.05, 4.69) is 39.6 Å². The minimum absolute atomic E-state index is 0.104. The van der Waals surface area contributed by atoms with Crippen molar-refractivity contribution in [3.63, 3.8) is 0 Å². The summed E-state index contributed by atoms with van der Waals surface area (Å²) in [6.45, 7) is 2.69. The molecule has 2 aromatic heterocycles. The number of amides is 1. The van der Waals surface area contributed by atoms with E-state index in [1.165, 1.54) is 5.56 Å². The Labute approximate surface area is 210 Å². The van der Waals surface area contributed by atoms with E-state index in [0.717, 1.165) is 48.6 Å². The number of carbonyl (C=O) groups excluding carboxylic acids is 1. The predicted octanol–water partition coefficient (Wildman–Crippen LogP) is 5.07. The van der Waals surface area contributed by atoms with E-state index < -0.39 is 0 Å². The molecule has 1 amide bonds. The minimum atomic E-state index is -0.160. The monoisotopic (exact) mass is 473 g/mol. The Morgan fingerprint density at radius 3 is 2.25 bits per heavy atom. The lowest BCUT2D eigenvalue weighted by molar-refractivity contribution is 0.0932. The van der Waals surface area contributed by atoms with Gasteiger partial charge in [-0.15, -0.1) is 0 Å². The Balaban J connectivity index is 1.26. The summed E-state index contributed by atoms with van der Waals surface area (Å²) in [6.07, 6.45) is 0.928. The number of nitrogens with one attached hydrogen (secondary N) is 1. The van der Waals surface area contributed by atoms with Crippen LogP contribution in [0.2, 0.25) is 0 Å². The van der Waals surface area contributed by atoms with Crippen LogP contribution >= 0.6 is 0 Å². The number of nitrogens with zero attached hydrogens (tertiary/aromatic N) is 4. The molecule has 0 saturated carbocycles. The highest BCUT2D eigenvalue weighted by atomic mass is 16.2. The lowest BCUT2D eigenvalue weighted by atomic mass is 10.1. The van der Waals surface area contributed by atoms with Gasteiger partial charge in [0.15, 0.2) is 11.3 Å². The Morgan fingerprint density at radius 2 is 1.53 bits per heavy atom. The number of fused-ring (bicyclic) bond motifs is 1. The SMILES string of the molecule is O=C(NC1CCN(Cc2ccccc2)C1)c1cc2nc(-c3ccccc3)cc(-c3ccccc3)n2n1. The molecule has 1 N–H and O–H groups in total. The summed E-state index contributed by atoms with van der Waals surface area (Å²) in [5.41, 5.74) is 6.11. The molecule has 3 heterocycles. The second-order valence-electron chi connectivity index (χ2n) is 9.24. The van der Waals surface area contributed by atoms with Gasteiger partial charge in [0.1, 0.15) is 0 Å². The first kappa shape index (κ1) is 22.2. The quantitative estimate of drug-likeness (QED) is 0.374. The zero-order chi connectivity index (χ0) is 24.3. The Kier molecular flexibility index (Phi) is 6.01. The molecule has 1 aliphatic rings. The highest BCUT2D eigenvalue weighted by molar-refractivity contribution is 5.94. The van der Waals surface area contributed by atoms with Crippen molar-refractivity contribution in [2.75, 3.05) is 13.1 Å². The summed E-state index contributed by atoms with van der Waals surface area (Å²) in [5.74, 6) is -0.160. The van der Waals surface area contributed by atoms with Crippen molar-refractivity contribution in [1.29, 1.82) is 0 Å². The summed E-state index contributed by atoms with van der Waals surface area (Å²) >= 11 is 0. The van der Waals surface area contributed by atoms with Gasteiger partial charge in [-0.25, -0.2) is 9.50 Å². The van der Waals surface area contributed by atoms with Gasteiger partial charge in [0.25, 0.3) is 5.91 Å². The highest BCUT2D eigenvalue weighted by Crippen LogP contribution is 2.26. The molecule has 0 radical (unpaired) electrons. The van der Waals surface area contributed by atoms with E-state index in [0.29, 0.717) is 11.3 Å². The normalized spacial score (nSPS) is 15.8. The second kappa shape index (κ2) is 9.76. The molecule has 0 spiro atoms. The average molecular weight is 474 g/mol. The van der Waals surface area contributed by atoms with Crippen molar-refractivity contribution in [3.8, 4) is 22.5 Å². The number of hydrogen-bond acceptors (Lipinski definition) is 4. The van der Waals surface area contributed by atoms with Gasteiger partial charge in [-0.2, -0.15) is 5.10 Å². The molecule has 1 atom stereocenters. The maximum absolute atomic E-state index is 13.2. The van der Waals surface area contributed by atoms with Gasteiger partial charge in [-0.05, 0) is 18.1 Å². The van der Waals surface area contributed by atoms with Gasteiger partial charge in [-0.3, -0.25) is 9.69 Å². The zero-order valence-electron chi connectivity index (χ0n) is 19.9. The molecule has 1 aliphatic heterocycles. The van der Waals surface area contributed by atoms with E-state index >= 15 is 0 Å². The molecule has 6 nitrogen and oxygen atoms in total. The third-order valence-electron chi connectivity index (χ3n) is 6.66. The third-order valence-corrected chi connectivity index (χ3v) is 6.66. The van der Waals surface area contributed by atoms with Crippen LogP contribution in [0.3, 0.4) is 0 Å². The van der Waals surface area contributed by atoms with Crippen LogP contribution in [0.5, 0.6) is 0 Å². The van der Waals surface area contributed by atoms with Crippen molar-refractivity contribution in [2.45, 2.75) is 19.0 Å². The number of rotatable bonds is 6. The van der Waals surface area contributed by atoms with Crippen molar-refractivity contribution in [3.05, 3.63) is 114 Å². The molecule has 36 heavy (non-hydrogen) atoms. The fraction of sp³-hybridized carbons (Fsp3) is 0.167. The first-order chi connectivity index (χ1) is 17.7. The van der Waals surface area contributed by atoms with Crippen molar-refractivity contribution in [1.82, 2.24) is 24.8 Å².